The summed E-state index contributed by atoms with van der Waals surface area (Å²) >= 11 is 0. The number of hydrogen-bond donors (Lipinski definition) is 2. The van der Waals surface area contributed by atoms with Crippen molar-refractivity contribution in [1.82, 2.24) is 10.6 Å². The van der Waals surface area contributed by atoms with Gasteiger partial charge in [-0.25, -0.2) is 0 Å². The number of hydrogen-bond acceptors (Lipinski definition) is 3. The Bertz CT molecular complexity index is 670. The zero-order valence-electron chi connectivity index (χ0n) is 14.8. The Morgan fingerprint density at radius 3 is 1.77 bits per heavy atom. The zero-order valence-corrected chi connectivity index (χ0v) is 17.1. The fraction of sp³-hybridized carbons (Fsp3) is 0.350. The number of rotatable bonds is 4. The third-order valence-electron chi connectivity index (χ3n) is 4.65. The fourth-order valence-electron chi connectivity index (χ4n) is 3.38. The van der Waals surface area contributed by atoms with Gasteiger partial charge in [-0.2, -0.15) is 0 Å². The molecule has 2 atom stereocenters. The molecule has 4 rings (SSSR count). The van der Waals surface area contributed by atoms with Crippen LogP contribution >= 0.6 is 24.0 Å². The first-order valence-electron chi connectivity index (χ1n) is 8.75. The molecule has 5 nitrogen and oxygen atoms in total. The van der Waals surface area contributed by atoms with E-state index in [0.717, 1.165) is 43.4 Å². The monoisotopic (exact) mass is 465 g/mol. The maximum atomic E-state index is 5.95. The van der Waals surface area contributed by atoms with Crippen molar-refractivity contribution >= 4 is 29.9 Å². The lowest BCUT2D eigenvalue weighted by molar-refractivity contribution is 0.230. The Labute approximate surface area is 171 Å². The van der Waals surface area contributed by atoms with Crippen LogP contribution in [-0.4, -0.2) is 38.3 Å². The van der Waals surface area contributed by atoms with Crippen molar-refractivity contribution in [2.24, 2.45) is 4.99 Å². The first-order chi connectivity index (χ1) is 12.3. The van der Waals surface area contributed by atoms with Gasteiger partial charge in [-0.1, -0.05) is 36.4 Å². The van der Waals surface area contributed by atoms with Crippen LogP contribution in [0.25, 0.3) is 0 Å². The largest absolute Gasteiger partial charge is 0.488 e. The summed E-state index contributed by atoms with van der Waals surface area (Å²) in [4.78, 5) is 4.29. The molecule has 0 bridgehead atoms. The molecule has 2 aliphatic rings. The van der Waals surface area contributed by atoms with E-state index in [1.54, 1.807) is 7.05 Å². The lowest BCUT2D eigenvalue weighted by atomic mass is 10.1. The smallest absolute Gasteiger partial charge is 0.191 e. The van der Waals surface area contributed by atoms with Gasteiger partial charge in [0.15, 0.2) is 5.96 Å². The zero-order chi connectivity index (χ0) is 17.1. The minimum atomic E-state index is 0. The van der Waals surface area contributed by atoms with Crippen LogP contribution in [-0.2, 0) is 12.8 Å². The standard InChI is InChI=1S/C20H23N3O2.HI/c1-21-20(22-12-16-10-14-6-2-4-8-18(14)24-16)23-13-17-11-15-7-3-5-9-19(15)25-17;/h2-9,16-17H,10-13H2,1H3,(H2,21,22,23);1H. The second-order valence-electron chi connectivity index (χ2n) is 6.44. The average Bonchev–Trinajstić information content (AvgIpc) is 3.24. The number of aliphatic imine (C=N–C) groups is 1. The van der Waals surface area contributed by atoms with E-state index in [0.29, 0.717) is 0 Å². The van der Waals surface area contributed by atoms with Crippen LogP contribution in [0.15, 0.2) is 53.5 Å². The summed E-state index contributed by atoms with van der Waals surface area (Å²) in [7, 11) is 1.78. The summed E-state index contributed by atoms with van der Waals surface area (Å²) in [6.07, 6.45) is 2.15. The number of ether oxygens (including phenoxy) is 2. The molecule has 2 aromatic carbocycles. The molecule has 2 unspecified atom stereocenters. The molecule has 0 radical (unpaired) electrons. The molecule has 26 heavy (non-hydrogen) atoms. The fourth-order valence-corrected chi connectivity index (χ4v) is 3.38. The van der Waals surface area contributed by atoms with Crippen molar-refractivity contribution in [2.75, 3.05) is 20.1 Å². The molecule has 0 saturated carbocycles. The Morgan fingerprint density at radius 2 is 1.35 bits per heavy atom. The van der Waals surface area contributed by atoms with Gasteiger partial charge in [0.25, 0.3) is 0 Å². The number of para-hydroxylation sites is 2. The number of guanidine groups is 1. The molecule has 2 N–H and O–H groups in total. The quantitative estimate of drug-likeness (QED) is 0.415. The van der Waals surface area contributed by atoms with Crippen LogP contribution in [0.2, 0.25) is 0 Å². The van der Waals surface area contributed by atoms with Crippen molar-refractivity contribution in [2.45, 2.75) is 25.0 Å². The molecule has 2 aliphatic heterocycles. The SMILES string of the molecule is CN=C(NCC1Cc2ccccc2O1)NCC1Cc2ccccc2O1.I. The van der Waals surface area contributed by atoms with Gasteiger partial charge < -0.3 is 20.1 Å². The summed E-state index contributed by atoms with van der Waals surface area (Å²) in [5.74, 6) is 2.77. The molecule has 0 amide bonds. The number of nitrogens with one attached hydrogen (secondary N) is 2. The second kappa shape index (κ2) is 8.62. The van der Waals surface area contributed by atoms with Crippen molar-refractivity contribution in [3.05, 3.63) is 59.7 Å². The van der Waals surface area contributed by atoms with Crippen LogP contribution in [0.1, 0.15) is 11.1 Å². The third-order valence-corrected chi connectivity index (χ3v) is 4.65. The van der Waals surface area contributed by atoms with Crippen LogP contribution < -0.4 is 20.1 Å². The van der Waals surface area contributed by atoms with E-state index in [9.17, 15) is 0 Å². The molecule has 0 saturated heterocycles. The predicted octanol–water partition coefficient (Wildman–Crippen LogP) is 2.78. The van der Waals surface area contributed by atoms with Gasteiger partial charge in [-0.05, 0) is 23.3 Å². The van der Waals surface area contributed by atoms with Crippen molar-refractivity contribution < 1.29 is 9.47 Å². The molecule has 0 aliphatic carbocycles. The van der Waals surface area contributed by atoms with E-state index in [2.05, 4.69) is 39.9 Å². The maximum absolute atomic E-state index is 5.95. The van der Waals surface area contributed by atoms with E-state index in [1.165, 1.54) is 11.1 Å². The Morgan fingerprint density at radius 1 is 0.885 bits per heavy atom. The second-order valence-corrected chi connectivity index (χ2v) is 6.44. The molecule has 138 valence electrons. The van der Waals surface area contributed by atoms with Gasteiger partial charge in [0.1, 0.15) is 23.7 Å². The first kappa shape index (κ1) is 18.8. The summed E-state index contributed by atoms with van der Waals surface area (Å²) in [5.41, 5.74) is 2.55. The van der Waals surface area contributed by atoms with Gasteiger partial charge in [-0.3, -0.25) is 4.99 Å². The number of nitrogens with zero attached hydrogens (tertiary/aromatic N) is 1. The predicted molar refractivity (Wildman–Crippen MR) is 114 cm³/mol. The number of fused-ring (bicyclic) bond motifs is 2. The van der Waals surface area contributed by atoms with Crippen molar-refractivity contribution in [3.63, 3.8) is 0 Å². The number of halogens is 1. The van der Waals surface area contributed by atoms with Crippen LogP contribution in [0.4, 0.5) is 0 Å². The van der Waals surface area contributed by atoms with Gasteiger partial charge in [-0.15, -0.1) is 24.0 Å². The highest BCUT2D eigenvalue weighted by Crippen LogP contribution is 2.28. The topological polar surface area (TPSA) is 54.9 Å². The summed E-state index contributed by atoms with van der Waals surface area (Å²) in [5, 5.41) is 6.70. The summed E-state index contributed by atoms with van der Waals surface area (Å²) < 4.78 is 11.9. The van der Waals surface area contributed by atoms with Crippen LogP contribution in [0.5, 0.6) is 11.5 Å². The number of benzene rings is 2. The highest BCUT2D eigenvalue weighted by molar-refractivity contribution is 14.0. The van der Waals surface area contributed by atoms with E-state index >= 15 is 0 Å². The van der Waals surface area contributed by atoms with E-state index in [4.69, 9.17) is 9.47 Å². The molecule has 6 heteroatoms. The van der Waals surface area contributed by atoms with Gasteiger partial charge in [0.2, 0.25) is 0 Å². The molecular formula is C20H24IN3O2. The van der Waals surface area contributed by atoms with Gasteiger partial charge >= 0.3 is 0 Å². The summed E-state index contributed by atoms with van der Waals surface area (Å²) in [6, 6.07) is 16.4. The Balaban J connectivity index is 0.00000196. The van der Waals surface area contributed by atoms with Crippen LogP contribution in [0, 0.1) is 0 Å². The molecule has 0 aromatic heterocycles. The minimum Gasteiger partial charge on any atom is -0.488 e. The van der Waals surface area contributed by atoms with E-state index in [-0.39, 0.29) is 36.2 Å². The molecule has 2 aromatic rings. The molecule has 2 heterocycles. The van der Waals surface area contributed by atoms with E-state index in [1.807, 2.05) is 24.3 Å². The summed E-state index contributed by atoms with van der Waals surface area (Å²) in [6.45, 7) is 1.44. The maximum Gasteiger partial charge on any atom is 0.191 e. The minimum absolute atomic E-state index is 0. The highest BCUT2D eigenvalue weighted by Gasteiger charge is 2.24. The average molecular weight is 465 g/mol. The lowest BCUT2D eigenvalue weighted by Gasteiger charge is -2.17. The van der Waals surface area contributed by atoms with Crippen LogP contribution in [0.3, 0.4) is 0 Å². The normalized spacial score (nSPS) is 19.3. The van der Waals surface area contributed by atoms with E-state index < -0.39 is 0 Å². The van der Waals surface area contributed by atoms with Gasteiger partial charge in [0.05, 0.1) is 13.1 Å². The van der Waals surface area contributed by atoms with Gasteiger partial charge in [0, 0.05) is 19.9 Å². The van der Waals surface area contributed by atoms with Crippen molar-refractivity contribution in [1.29, 1.82) is 0 Å². The lowest BCUT2D eigenvalue weighted by Crippen LogP contribution is -2.45. The molecule has 0 fully saturated rings. The Hall–Kier alpha value is -1.96. The third kappa shape index (κ3) is 4.23. The highest BCUT2D eigenvalue weighted by atomic mass is 127. The molecular weight excluding hydrogens is 441 g/mol. The van der Waals surface area contributed by atoms with Crippen molar-refractivity contribution in [3.8, 4) is 11.5 Å². The Kier molecular flexibility index (Phi) is 6.24. The first-order valence-corrected chi connectivity index (χ1v) is 8.75. The molecule has 0 spiro atoms.